The topological polar surface area (TPSA) is 43.4 Å². The minimum atomic E-state index is -0.305. The largest absolute Gasteiger partial charge is 0.459 e. The third-order valence-electron chi connectivity index (χ3n) is 6.78. The molecule has 3 nitrogen and oxygen atoms in total. The summed E-state index contributed by atoms with van der Waals surface area (Å²) in [6.45, 7) is 24.1. The maximum absolute atomic E-state index is 12.1. The van der Waals surface area contributed by atoms with Crippen LogP contribution in [0.2, 0.25) is 0 Å². The van der Waals surface area contributed by atoms with Gasteiger partial charge in [0.05, 0.1) is 6.10 Å². The van der Waals surface area contributed by atoms with Gasteiger partial charge in [0, 0.05) is 12.0 Å². The van der Waals surface area contributed by atoms with Gasteiger partial charge in [0.25, 0.3) is 0 Å². The summed E-state index contributed by atoms with van der Waals surface area (Å²) in [5.41, 5.74) is 1.39. The molecule has 4 atom stereocenters. The lowest BCUT2D eigenvalue weighted by Crippen LogP contribution is -2.29. The van der Waals surface area contributed by atoms with Gasteiger partial charge in [-0.2, -0.15) is 0 Å². The summed E-state index contributed by atoms with van der Waals surface area (Å²) in [5.74, 6) is 0.212. The smallest absolute Gasteiger partial charge is 0.333 e. The molecule has 0 spiro atoms. The zero-order valence-corrected chi connectivity index (χ0v) is 19.7. The fourth-order valence-electron chi connectivity index (χ4n) is 3.83. The zero-order chi connectivity index (χ0) is 22.1. The molecule has 0 radical (unpaired) electrons. The maximum atomic E-state index is 12.1. The van der Waals surface area contributed by atoms with Crippen molar-refractivity contribution in [1.29, 1.82) is 0 Å². The number of ketones is 1. The predicted molar refractivity (Wildman–Crippen MR) is 119 cm³/mol. The Bertz CT molecular complexity index is 562. The Morgan fingerprint density at radius 2 is 1.54 bits per heavy atom. The van der Waals surface area contributed by atoms with Gasteiger partial charge < -0.3 is 4.74 Å². The van der Waals surface area contributed by atoms with Gasteiger partial charge in [-0.15, -0.1) is 0 Å². The first kappa shape index (κ1) is 26.6. The lowest BCUT2D eigenvalue weighted by atomic mass is 9.68. The summed E-state index contributed by atoms with van der Waals surface area (Å²) < 4.78 is 5.50. The molecular formula is C25H44O3. The van der Waals surface area contributed by atoms with E-state index >= 15 is 0 Å². The number of allylic oxidation sites excluding steroid dienone is 1. The minimum absolute atomic E-state index is 0.112. The van der Waals surface area contributed by atoms with Gasteiger partial charge in [-0.05, 0) is 62.4 Å². The molecule has 0 aliphatic heterocycles. The van der Waals surface area contributed by atoms with Crippen molar-refractivity contribution in [1.82, 2.24) is 0 Å². The highest BCUT2D eigenvalue weighted by atomic mass is 16.5. The van der Waals surface area contributed by atoms with Crippen LogP contribution < -0.4 is 0 Å². The van der Waals surface area contributed by atoms with Crippen LogP contribution in [0.5, 0.6) is 0 Å². The van der Waals surface area contributed by atoms with Crippen LogP contribution in [0.25, 0.3) is 0 Å². The summed E-state index contributed by atoms with van der Waals surface area (Å²) >= 11 is 0. The second-order valence-corrected chi connectivity index (χ2v) is 9.53. The van der Waals surface area contributed by atoms with Crippen molar-refractivity contribution in [2.24, 2.45) is 16.7 Å². The quantitative estimate of drug-likeness (QED) is 0.235. The first-order chi connectivity index (χ1) is 12.8. The third-order valence-corrected chi connectivity index (χ3v) is 6.78. The molecule has 0 bridgehead atoms. The highest BCUT2D eigenvalue weighted by Crippen LogP contribution is 2.42. The molecule has 0 amide bonds. The number of carbonyl (C=O) groups is 2. The first-order valence-corrected chi connectivity index (χ1v) is 10.9. The van der Waals surface area contributed by atoms with Crippen molar-refractivity contribution in [3.63, 3.8) is 0 Å². The monoisotopic (exact) mass is 392 g/mol. The molecule has 162 valence electrons. The average Bonchev–Trinajstić information content (AvgIpc) is 2.60. The molecule has 0 fully saturated rings. The van der Waals surface area contributed by atoms with E-state index < -0.39 is 0 Å². The summed E-state index contributed by atoms with van der Waals surface area (Å²) in [6.07, 6.45) is 6.74. The number of hydrogen-bond acceptors (Lipinski definition) is 3. The van der Waals surface area contributed by atoms with E-state index in [1.54, 1.807) is 13.8 Å². The van der Waals surface area contributed by atoms with Gasteiger partial charge in [0.1, 0.15) is 0 Å². The van der Waals surface area contributed by atoms with E-state index in [0.29, 0.717) is 23.5 Å². The van der Waals surface area contributed by atoms with E-state index in [-0.39, 0.29) is 28.7 Å². The molecule has 0 heterocycles. The van der Waals surface area contributed by atoms with Crippen molar-refractivity contribution in [2.75, 3.05) is 0 Å². The number of esters is 1. The van der Waals surface area contributed by atoms with Crippen molar-refractivity contribution in [3.8, 4) is 0 Å². The van der Waals surface area contributed by atoms with Crippen molar-refractivity contribution < 1.29 is 14.3 Å². The third kappa shape index (κ3) is 8.75. The molecule has 0 saturated heterocycles. The number of rotatable bonds is 14. The van der Waals surface area contributed by atoms with Crippen LogP contribution in [0, 0.1) is 16.7 Å². The minimum Gasteiger partial charge on any atom is -0.459 e. The van der Waals surface area contributed by atoms with Gasteiger partial charge >= 0.3 is 5.97 Å². The van der Waals surface area contributed by atoms with E-state index in [9.17, 15) is 9.59 Å². The molecule has 0 aliphatic rings. The predicted octanol–water partition coefficient (Wildman–Crippen LogP) is 7.06. The molecule has 3 heteroatoms. The summed E-state index contributed by atoms with van der Waals surface area (Å²) in [6, 6.07) is 0. The van der Waals surface area contributed by atoms with Crippen LogP contribution in [-0.2, 0) is 14.3 Å². The van der Waals surface area contributed by atoms with E-state index in [2.05, 4.69) is 47.8 Å². The Morgan fingerprint density at radius 3 is 1.96 bits per heavy atom. The second kappa shape index (κ2) is 11.6. The lowest BCUT2D eigenvalue weighted by Gasteiger charge is -2.37. The molecule has 0 N–H and O–H groups in total. The molecule has 0 aliphatic carbocycles. The van der Waals surface area contributed by atoms with Gasteiger partial charge in [0.2, 0.25) is 0 Å². The van der Waals surface area contributed by atoms with Crippen LogP contribution in [0.3, 0.4) is 0 Å². The van der Waals surface area contributed by atoms with Crippen LogP contribution in [-0.4, -0.2) is 17.9 Å². The van der Waals surface area contributed by atoms with E-state index in [4.69, 9.17) is 4.74 Å². The Labute approximate surface area is 174 Å². The molecule has 28 heavy (non-hydrogen) atoms. The van der Waals surface area contributed by atoms with Crippen molar-refractivity contribution in [3.05, 3.63) is 24.3 Å². The molecule has 4 unspecified atom stereocenters. The van der Waals surface area contributed by atoms with E-state index in [1.165, 1.54) is 0 Å². The highest BCUT2D eigenvalue weighted by molar-refractivity contribution is 5.94. The maximum Gasteiger partial charge on any atom is 0.333 e. The Morgan fingerprint density at radius 1 is 0.964 bits per heavy atom. The molecular weight excluding hydrogens is 348 g/mol. The van der Waals surface area contributed by atoms with Crippen molar-refractivity contribution in [2.45, 2.75) is 106 Å². The molecule has 0 aromatic heterocycles. The molecule has 0 aromatic carbocycles. The zero-order valence-electron chi connectivity index (χ0n) is 19.7. The summed E-state index contributed by atoms with van der Waals surface area (Å²) in [7, 11) is 0. The molecule has 0 saturated carbocycles. The van der Waals surface area contributed by atoms with Crippen LogP contribution in [0.1, 0.15) is 100 Å². The highest BCUT2D eigenvalue weighted by Gasteiger charge is 2.32. The SMILES string of the molecule is C=C(C)C(=O)CC(C)C(C)(CC)CCCC(C)(CC)CC(C)OC(=O)C(=C)C. The standard InChI is InChI=1S/C25H44O3/c1-11-24(9,17-21(8)28-23(27)19(5)6)14-13-15-25(10,12-2)20(7)16-22(26)18(3)4/h20-21H,3,5,11-17H2,1-2,4,6-10H3. The van der Waals surface area contributed by atoms with Gasteiger partial charge in [-0.3, -0.25) is 4.79 Å². The summed E-state index contributed by atoms with van der Waals surface area (Å²) in [5, 5.41) is 0. The number of Topliss-reactive ketones (excluding diaryl/α,β-unsaturated/α-hetero) is 1. The second-order valence-electron chi connectivity index (χ2n) is 9.53. The fraction of sp³-hybridized carbons (Fsp3) is 0.760. The van der Waals surface area contributed by atoms with E-state index in [1.807, 2.05) is 6.92 Å². The van der Waals surface area contributed by atoms with Crippen LogP contribution in [0.4, 0.5) is 0 Å². The fourth-order valence-corrected chi connectivity index (χ4v) is 3.83. The van der Waals surface area contributed by atoms with Gasteiger partial charge in [0.15, 0.2) is 5.78 Å². The number of ether oxygens (including phenoxy) is 1. The average molecular weight is 393 g/mol. The van der Waals surface area contributed by atoms with Crippen LogP contribution in [0.15, 0.2) is 24.3 Å². The van der Waals surface area contributed by atoms with Gasteiger partial charge in [-0.1, -0.05) is 67.0 Å². The normalized spacial score (nSPS) is 17.7. The van der Waals surface area contributed by atoms with Gasteiger partial charge in [-0.25, -0.2) is 4.79 Å². The first-order valence-electron chi connectivity index (χ1n) is 10.9. The Balaban J connectivity index is 4.82. The number of hydrogen-bond donors (Lipinski definition) is 0. The lowest BCUT2D eigenvalue weighted by molar-refractivity contribution is -0.144. The number of carbonyl (C=O) groups excluding carboxylic acids is 2. The Kier molecular flexibility index (Phi) is 11.0. The Hall–Kier alpha value is -1.38. The molecule has 0 rings (SSSR count). The van der Waals surface area contributed by atoms with Crippen molar-refractivity contribution >= 4 is 11.8 Å². The molecule has 0 aromatic rings. The summed E-state index contributed by atoms with van der Waals surface area (Å²) in [4.78, 5) is 23.9. The van der Waals surface area contributed by atoms with Crippen LogP contribution >= 0.6 is 0 Å². The van der Waals surface area contributed by atoms with E-state index in [0.717, 1.165) is 38.5 Å².